The van der Waals surface area contributed by atoms with Gasteiger partial charge in [0.15, 0.2) is 0 Å². The number of nitrogens with one attached hydrogen (secondary N) is 1. The maximum atomic E-state index is 14.2. The Hall–Kier alpha value is -1.39. The number of fused-ring (bicyclic) bond motifs is 1. The van der Waals surface area contributed by atoms with Crippen molar-refractivity contribution in [3.8, 4) is 0 Å². The maximum Gasteiger partial charge on any atom is 0.146 e. The molecule has 0 aliphatic carbocycles. The fourth-order valence-electron chi connectivity index (χ4n) is 2.58. The molecule has 1 N–H and O–H groups in total. The lowest BCUT2D eigenvalue weighted by atomic mass is 10.1. The molecule has 0 bridgehead atoms. The first-order valence-electron chi connectivity index (χ1n) is 6.51. The van der Waals surface area contributed by atoms with E-state index in [1.807, 2.05) is 30.5 Å². The molecular weight excluding hydrogens is 259 g/mol. The van der Waals surface area contributed by atoms with Crippen LogP contribution in [-0.4, -0.2) is 13.6 Å². The lowest BCUT2D eigenvalue weighted by Crippen LogP contribution is -2.30. The smallest absolute Gasteiger partial charge is 0.146 e. The van der Waals surface area contributed by atoms with Crippen LogP contribution in [0.3, 0.4) is 0 Å². The van der Waals surface area contributed by atoms with Gasteiger partial charge in [-0.2, -0.15) is 0 Å². The van der Waals surface area contributed by atoms with Crippen LogP contribution < -0.4 is 10.2 Å². The molecule has 1 aliphatic heterocycles. The van der Waals surface area contributed by atoms with Gasteiger partial charge < -0.3 is 10.2 Å². The molecular formula is C15H17FN2S. The highest BCUT2D eigenvalue weighted by atomic mass is 32.1. The summed E-state index contributed by atoms with van der Waals surface area (Å²) in [6, 6.07) is 7.69. The van der Waals surface area contributed by atoms with E-state index >= 15 is 0 Å². The molecule has 0 saturated carbocycles. The third kappa shape index (κ3) is 2.51. The van der Waals surface area contributed by atoms with Crippen molar-refractivity contribution in [3.05, 3.63) is 51.5 Å². The molecule has 0 spiro atoms. The quantitative estimate of drug-likeness (QED) is 0.926. The summed E-state index contributed by atoms with van der Waals surface area (Å²) in [5.41, 5.74) is 3.05. The van der Waals surface area contributed by atoms with Gasteiger partial charge in [0.2, 0.25) is 0 Å². The normalized spacial score (nSPS) is 14.5. The number of rotatable bonds is 3. The van der Waals surface area contributed by atoms with E-state index in [0.29, 0.717) is 6.54 Å². The highest BCUT2D eigenvalue weighted by molar-refractivity contribution is 7.10. The number of benzene rings is 1. The summed E-state index contributed by atoms with van der Waals surface area (Å²) in [7, 11) is 1.87. The van der Waals surface area contributed by atoms with Crippen LogP contribution in [0.15, 0.2) is 29.6 Å². The first-order valence-corrected chi connectivity index (χ1v) is 7.39. The maximum absolute atomic E-state index is 14.2. The Bertz CT molecular complexity index is 579. The van der Waals surface area contributed by atoms with E-state index in [1.165, 1.54) is 10.4 Å². The second-order valence-electron chi connectivity index (χ2n) is 4.86. The number of hydrogen-bond donors (Lipinski definition) is 1. The Balaban J connectivity index is 1.83. The van der Waals surface area contributed by atoms with E-state index in [-0.39, 0.29) is 5.82 Å². The summed E-state index contributed by atoms with van der Waals surface area (Å²) >= 11 is 1.81. The minimum Gasteiger partial charge on any atom is -0.364 e. The Labute approximate surface area is 116 Å². The van der Waals surface area contributed by atoms with Crippen LogP contribution in [0.2, 0.25) is 0 Å². The number of anilines is 1. The monoisotopic (exact) mass is 276 g/mol. The van der Waals surface area contributed by atoms with Crippen molar-refractivity contribution >= 4 is 17.0 Å². The Morgan fingerprint density at radius 2 is 2.26 bits per heavy atom. The van der Waals surface area contributed by atoms with E-state index in [1.54, 1.807) is 6.07 Å². The average Bonchev–Trinajstić information content (AvgIpc) is 2.86. The minimum absolute atomic E-state index is 0.119. The number of thiophene rings is 1. The van der Waals surface area contributed by atoms with Crippen molar-refractivity contribution in [2.45, 2.75) is 19.5 Å². The van der Waals surface area contributed by atoms with Crippen LogP contribution in [0.1, 0.15) is 16.0 Å². The van der Waals surface area contributed by atoms with Crippen molar-refractivity contribution in [2.75, 3.05) is 18.5 Å². The predicted molar refractivity (Wildman–Crippen MR) is 78.2 cm³/mol. The number of halogens is 1. The molecule has 2 aromatic rings. The van der Waals surface area contributed by atoms with E-state index in [4.69, 9.17) is 0 Å². The summed E-state index contributed by atoms with van der Waals surface area (Å²) in [5.74, 6) is -0.119. The molecule has 0 atom stereocenters. The zero-order valence-electron chi connectivity index (χ0n) is 10.9. The average molecular weight is 276 g/mol. The predicted octanol–water partition coefficient (Wildman–Crippen LogP) is 3.17. The van der Waals surface area contributed by atoms with Gasteiger partial charge in [-0.1, -0.05) is 6.07 Å². The van der Waals surface area contributed by atoms with Crippen molar-refractivity contribution in [1.29, 1.82) is 0 Å². The molecule has 19 heavy (non-hydrogen) atoms. The van der Waals surface area contributed by atoms with Gasteiger partial charge in [-0.3, -0.25) is 0 Å². The van der Waals surface area contributed by atoms with Gasteiger partial charge in [-0.05, 0) is 48.2 Å². The number of nitrogens with zero attached hydrogens (tertiary/aromatic N) is 1. The van der Waals surface area contributed by atoms with Crippen LogP contribution in [0.5, 0.6) is 0 Å². The van der Waals surface area contributed by atoms with Gasteiger partial charge in [0, 0.05) is 24.5 Å². The minimum atomic E-state index is -0.119. The zero-order chi connectivity index (χ0) is 13.2. The van der Waals surface area contributed by atoms with Crippen molar-refractivity contribution in [2.24, 2.45) is 0 Å². The van der Waals surface area contributed by atoms with Crippen molar-refractivity contribution in [1.82, 2.24) is 5.32 Å². The first-order chi connectivity index (χ1) is 9.28. The topological polar surface area (TPSA) is 15.3 Å². The lowest BCUT2D eigenvalue weighted by molar-refractivity contribution is 0.608. The summed E-state index contributed by atoms with van der Waals surface area (Å²) < 4.78 is 14.2. The standard InChI is InChI=1S/C15H17FN2S/c1-17-9-11-2-3-14(13(16)8-11)18-6-4-15-12(10-18)5-7-19-15/h2-3,5,7-8,17H,4,6,9-10H2,1H3. The van der Waals surface area contributed by atoms with Gasteiger partial charge in [0.25, 0.3) is 0 Å². The Morgan fingerprint density at radius 3 is 3.05 bits per heavy atom. The molecule has 1 aromatic heterocycles. The molecule has 2 heterocycles. The van der Waals surface area contributed by atoms with Crippen molar-refractivity contribution in [3.63, 3.8) is 0 Å². The fourth-order valence-corrected chi connectivity index (χ4v) is 3.46. The lowest BCUT2D eigenvalue weighted by Gasteiger charge is -2.29. The van der Waals surface area contributed by atoms with E-state index < -0.39 is 0 Å². The molecule has 4 heteroatoms. The summed E-state index contributed by atoms with van der Waals surface area (Å²) in [6.45, 7) is 2.42. The van der Waals surface area contributed by atoms with Gasteiger partial charge in [-0.25, -0.2) is 4.39 Å². The molecule has 0 fully saturated rings. The van der Waals surface area contributed by atoms with Crippen LogP contribution in [0, 0.1) is 5.82 Å². The van der Waals surface area contributed by atoms with Crippen LogP contribution in [0.4, 0.5) is 10.1 Å². The van der Waals surface area contributed by atoms with E-state index in [9.17, 15) is 4.39 Å². The van der Waals surface area contributed by atoms with Gasteiger partial charge in [0.1, 0.15) is 5.82 Å². The SMILES string of the molecule is CNCc1ccc(N2CCc3sccc3C2)c(F)c1. The third-order valence-electron chi connectivity index (χ3n) is 3.54. The highest BCUT2D eigenvalue weighted by Crippen LogP contribution is 2.29. The van der Waals surface area contributed by atoms with Gasteiger partial charge in [0.05, 0.1) is 5.69 Å². The highest BCUT2D eigenvalue weighted by Gasteiger charge is 2.19. The Kier molecular flexibility index (Phi) is 3.53. The molecule has 100 valence electrons. The van der Waals surface area contributed by atoms with Gasteiger partial charge in [-0.15, -0.1) is 11.3 Å². The molecule has 1 aromatic carbocycles. The molecule has 1 aliphatic rings. The molecule has 0 saturated heterocycles. The molecule has 3 rings (SSSR count). The largest absolute Gasteiger partial charge is 0.364 e. The van der Waals surface area contributed by atoms with Crippen LogP contribution >= 0.6 is 11.3 Å². The van der Waals surface area contributed by atoms with E-state index in [0.717, 1.165) is 30.8 Å². The summed E-state index contributed by atoms with van der Waals surface area (Å²) in [5, 5.41) is 5.17. The molecule has 0 unspecified atom stereocenters. The molecule has 0 amide bonds. The zero-order valence-corrected chi connectivity index (χ0v) is 11.8. The summed E-state index contributed by atoms with van der Waals surface area (Å²) in [6.07, 6.45) is 1.02. The fraction of sp³-hybridized carbons (Fsp3) is 0.333. The Morgan fingerprint density at radius 1 is 1.37 bits per heavy atom. The van der Waals surface area contributed by atoms with Gasteiger partial charge >= 0.3 is 0 Å². The molecule has 0 radical (unpaired) electrons. The second-order valence-corrected chi connectivity index (χ2v) is 5.86. The van der Waals surface area contributed by atoms with Crippen molar-refractivity contribution < 1.29 is 4.39 Å². The third-order valence-corrected chi connectivity index (χ3v) is 4.56. The van der Waals surface area contributed by atoms with E-state index in [2.05, 4.69) is 21.7 Å². The first kappa shape index (κ1) is 12.6. The van der Waals surface area contributed by atoms with Crippen LogP contribution in [0.25, 0.3) is 0 Å². The molecule has 2 nitrogen and oxygen atoms in total. The summed E-state index contributed by atoms with van der Waals surface area (Å²) in [4.78, 5) is 3.58. The number of hydrogen-bond acceptors (Lipinski definition) is 3. The van der Waals surface area contributed by atoms with Crippen LogP contribution in [-0.2, 0) is 19.5 Å². The second kappa shape index (κ2) is 5.31.